The summed E-state index contributed by atoms with van der Waals surface area (Å²) in [6.07, 6.45) is 5.46. The van der Waals surface area contributed by atoms with Gasteiger partial charge in [-0.15, -0.1) is 17.0 Å². The number of rotatable bonds is 4. The first kappa shape index (κ1) is 17.5. The summed E-state index contributed by atoms with van der Waals surface area (Å²) in [5.41, 5.74) is 3.82. The van der Waals surface area contributed by atoms with Gasteiger partial charge < -0.3 is 5.41 Å². The molecule has 0 amide bonds. The summed E-state index contributed by atoms with van der Waals surface area (Å²) in [5.74, 6) is -0.0815. The van der Waals surface area contributed by atoms with Crippen molar-refractivity contribution in [2.24, 2.45) is 5.92 Å². The number of allylic oxidation sites excluding steroid dienone is 2. The monoisotopic (exact) mass is 378 g/mol. The SMILES string of the molecule is Br.N=C1CC2=C(CCCC2)C1CC(=O)c1ccc([N+](=O)[O-])cc1. The minimum atomic E-state index is -0.472. The van der Waals surface area contributed by atoms with Gasteiger partial charge in [-0.2, -0.15) is 0 Å². The van der Waals surface area contributed by atoms with E-state index < -0.39 is 4.92 Å². The third-order valence-corrected chi connectivity index (χ3v) is 4.66. The van der Waals surface area contributed by atoms with Crippen molar-refractivity contribution >= 4 is 34.2 Å². The van der Waals surface area contributed by atoms with Crippen molar-refractivity contribution in [3.8, 4) is 0 Å². The van der Waals surface area contributed by atoms with Crippen molar-refractivity contribution < 1.29 is 9.72 Å². The molecule has 5 nitrogen and oxygen atoms in total. The van der Waals surface area contributed by atoms with E-state index >= 15 is 0 Å². The van der Waals surface area contributed by atoms with Crippen LogP contribution in [0.5, 0.6) is 0 Å². The maximum Gasteiger partial charge on any atom is 0.269 e. The smallest absolute Gasteiger partial charge is 0.269 e. The molecule has 6 heteroatoms. The van der Waals surface area contributed by atoms with Crippen molar-refractivity contribution in [3.63, 3.8) is 0 Å². The van der Waals surface area contributed by atoms with Gasteiger partial charge >= 0.3 is 0 Å². The van der Waals surface area contributed by atoms with Crippen molar-refractivity contribution in [2.45, 2.75) is 38.5 Å². The molecule has 0 bridgehead atoms. The van der Waals surface area contributed by atoms with Crippen molar-refractivity contribution in [3.05, 3.63) is 51.1 Å². The van der Waals surface area contributed by atoms with Gasteiger partial charge in [-0.05, 0) is 37.8 Å². The molecule has 0 aliphatic heterocycles. The second-order valence-electron chi connectivity index (χ2n) is 6.02. The zero-order chi connectivity index (χ0) is 15.7. The number of non-ortho nitro benzene ring substituents is 1. The third kappa shape index (κ3) is 3.58. The summed E-state index contributed by atoms with van der Waals surface area (Å²) in [6.45, 7) is 0. The van der Waals surface area contributed by atoms with Crippen molar-refractivity contribution in [2.75, 3.05) is 0 Å². The Bertz CT molecular complexity index is 680. The molecule has 23 heavy (non-hydrogen) atoms. The zero-order valence-electron chi connectivity index (χ0n) is 12.7. The lowest BCUT2D eigenvalue weighted by Crippen LogP contribution is -2.16. The van der Waals surface area contributed by atoms with Crippen LogP contribution in [0, 0.1) is 21.4 Å². The Labute approximate surface area is 145 Å². The second-order valence-corrected chi connectivity index (χ2v) is 6.02. The van der Waals surface area contributed by atoms with Crippen LogP contribution in [-0.2, 0) is 0 Å². The van der Waals surface area contributed by atoms with Crippen LogP contribution in [0.25, 0.3) is 0 Å². The Morgan fingerprint density at radius 2 is 1.87 bits per heavy atom. The zero-order valence-corrected chi connectivity index (χ0v) is 14.4. The van der Waals surface area contributed by atoms with Crippen LogP contribution in [0.3, 0.4) is 0 Å². The summed E-state index contributed by atoms with van der Waals surface area (Å²) in [6, 6.07) is 5.74. The molecule has 1 N–H and O–H groups in total. The number of Topliss-reactive ketones (excluding diaryl/α,β-unsaturated/α-hetero) is 1. The molecule has 0 heterocycles. The molecule has 1 unspecified atom stereocenters. The molecule has 1 aromatic rings. The quantitative estimate of drug-likeness (QED) is 0.358. The average molecular weight is 379 g/mol. The molecule has 0 saturated carbocycles. The van der Waals surface area contributed by atoms with Crippen LogP contribution in [0.1, 0.15) is 48.9 Å². The fraction of sp³-hybridized carbons (Fsp3) is 0.412. The molecule has 0 radical (unpaired) electrons. The predicted octanol–water partition coefficient (Wildman–Crippen LogP) is 4.66. The second kappa shape index (κ2) is 7.17. The molecule has 122 valence electrons. The van der Waals surface area contributed by atoms with Gasteiger partial charge in [-0.25, -0.2) is 0 Å². The Hall–Kier alpha value is -1.82. The normalized spacial score (nSPS) is 20.0. The van der Waals surface area contributed by atoms with Gasteiger partial charge in [0, 0.05) is 42.2 Å². The van der Waals surface area contributed by atoms with E-state index in [-0.39, 0.29) is 34.4 Å². The van der Waals surface area contributed by atoms with Crippen LogP contribution in [0.2, 0.25) is 0 Å². The fourth-order valence-electron chi connectivity index (χ4n) is 3.50. The summed E-state index contributed by atoms with van der Waals surface area (Å²) < 4.78 is 0. The van der Waals surface area contributed by atoms with Gasteiger partial charge in [0.2, 0.25) is 0 Å². The van der Waals surface area contributed by atoms with E-state index in [1.807, 2.05) is 0 Å². The van der Waals surface area contributed by atoms with Gasteiger partial charge in [0.25, 0.3) is 5.69 Å². The van der Waals surface area contributed by atoms with Crippen LogP contribution < -0.4 is 0 Å². The Morgan fingerprint density at radius 3 is 2.52 bits per heavy atom. The van der Waals surface area contributed by atoms with E-state index in [9.17, 15) is 14.9 Å². The number of nitrogens with zero attached hydrogens (tertiary/aromatic N) is 1. The van der Waals surface area contributed by atoms with E-state index in [0.29, 0.717) is 17.7 Å². The van der Waals surface area contributed by atoms with Gasteiger partial charge in [0.1, 0.15) is 0 Å². The maximum atomic E-state index is 12.4. The molecule has 0 saturated heterocycles. The molecule has 1 atom stereocenters. The number of ketones is 1. The number of hydrogen-bond acceptors (Lipinski definition) is 4. The molecular weight excluding hydrogens is 360 g/mol. The lowest BCUT2D eigenvalue weighted by Gasteiger charge is -2.18. The number of nitrogens with one attached hydrogen (secondary N) is 1. The average Bonchev–Trinajstić information content (AvgIpc) is 2.83. The highest BCUT2D eigenvalue weighted by Crippen LogP contribution is 2.41. The van der Waals surface area contributed by atoms with Crippen molar-refractivity contribution in [1.29, 1.82) is 5.41 Å². The summed E-state index contributed by atoms with van der Waals surface area (Å²) >= 11 is 0. The Kier molecular flexibility index (Phi) is 5.46. The molecular formula is C17H19BrN2O3. The summed E-state index contributed by atoms with van der Waals surface area (Å²) in [7, 11) is 0. The van der Waals surface area contributed by atoms with E-state index in [1.54, 1.807) is 0 Å². The molecule has 2 aliphatic rings. The minimum Gasteiger partial charge on any atom is -0.309 e. The molecule has 3 rings (SSSR count). The predicted molar refractivity (Wildman–Crippen MR) is 93.7 cm³/mol. The summed E-state index contributed by atoms with van der Waals surface area (Å²) in [4.78, 5) is 22.6. The number of halogens is 1. The number of carbonyl (C=O) groups is 1. The van der Waals surface area contributed by atoms with Crippen LogP contribution in [0.15, 0.2) is 35.4 Å². The van der Waals surface area contributed by atoms with Crippen LogP contribution in [-0.4, -0.2) is 16.4 Å². The van der Waals surface area contributed by atoms with E-state index in [0.717, 1.165) is 25.7 Å². The van der Waals surface area contributed by atoms with Crippen LogP contribution in [0.4, 0.5) is 5.69 Å². The Morgan fingerprint density at radius 1 is 1.22 bits per heavy atom. The number of nitro benzene ring substituents is 1. The standard InChI is InChI=1S/C17H18N2O3.BrH/c18-16-9-12-3-1-2-4-14(12)15(16)10-17(20)11-5-7-13(8-6-11)19(21)22;/h5-8,15,18H,1-4,9-10H2;1H. The number of benzene rings is 1. The maximum absolute atomic E-state index is 12.4. The van der Waals surface area contributed by atoms with Gasteiger partial charge in [-0.3, -0.25) is 14.9 Å². The molecule has 0 spiro atoms. The number of carbonyl (C=O) groups excluding carboxylic acids is 1. The van der Waals surface area contributed by atoms with Gasteiger partial charge in [0.05, 0.1) is 4.92 Å². The first-order valence-electron chi connectivity index (χ1n) is 7.62. The summed E-state index contributed by atoms with van der Waals surface area (Å²) in [5, 5.41) is 18.8. The minimum absolute atomic E-state index is 0. The van der Waals surface area contributed by atoms with E-state index in [4.69, 9.17) is 5.41 Å². The first-order valence-corrected chi connectivity index (χ1v) is 7.62. The van der Waals surface area contributed by atoms with Crippen LogP contribution >= 0.6 is 17.0 Å². The number of hydrogen-bond donors (Lipinski definition) is 1. The van der Waals surface area contributed by atoms with E-state index in [2.05, 4.69) is 0 Å². The largest absolute Gasteiger partial charge is 0.309 e. The molecule has 1 aromatic carbocycles. The highest BCUT2D eigenvalue weighted by molar-refractivity contribution is 8.93. The highest BCUT2D eigenvalue weighted by Gasteiger charge is 2.32. The van der Waals surface area contributed by atoms with E-state index in [1.165, 1.54) is 41.8 Å². The Balaban J connectivity index is 0.00000192. The third-order valence-electron chi connectivity index (χ3n) is 4.66. The topological polar surface area (TPSA) is 84.1 Å². The fourth-order valence-corrected chi connectivity index (χ4v) is 3.50. The molecule has 0 aromatic heterocycles. The van der Waals surface area contributed by atoms with Gasteiger partial charge in [0.15, 0.2) is 5.78 Å². The molecule has 0 fully saturated rings. The molecule has 2 aliphatic carbocycles. The highest BCUT2D eigenvalue weighted by atomic mass is 79.9. The lowest BCUT2D eigenvalue weighted by molar-refractivity contribution is -0.384. The van der Waals surface area contributed by atoms with Gasteiger partial charge in [-0.1, -0.05) is 11.1 Å². The number of nitro groups is 1. The van der Waals surface area contributed by atoms with Crippen molar-refractivity contribution in [1.82, 2.24) is 0 Å². The first-order chi connectivity index (χ1) is 10.6. The lowest BCUT2D eigenvalue weighted by atomic mass is 9.86.